The van der Waals surface area contributed by atoms with Crippen molar-refractivity contribution in [3.05, 3.63) is 48.0 Å². The average molecular weight is 325 g/mol. The van der Waals surface area contributed by atoms with Crippen LogP contribution in [0.25, 0.3) is 11.4 Å². The van der Waals surface area contributed by atoms with E-state index in [9.17, 15) is 9.59 Å². The molecule has 2 amide bonds. The quantitative estimate of drug-likeness (QED) is 0.636. The summed E-state index contributed by atoms with van der Waals surface area (Å²) in [4.78, 5) is 30.6. The number of nitrogens with one attached hydrogen (secondary N) is 2. The third-order valence-electron chi connectivity index (χ3n) is 3.22. The van der Waals surface area contributed by atoms with E-state index in [2.05, 4.69) is 25.6 Å². The third kappa shape index (κ3) is 3.29. The number of imidazole rings is 1. The SMILES string of the molecule is Cc1cnc(-c2ccccc2NC(=O)c2cn(CC(N)=O)nn2)[nH]1. The van der Waals surface area contributed by atoms with Gasteiger partial charge in [-0.25, -0.2) is 9.67 Å². The number of nitrogens with zero attached hydrogens (tertiary/aromatic N) is 4. The second-order valence-electron chi connectivity index (χ2n) is 5.18. The molecular formula is C15H15N7O2. The van der Waals surface area contributed by atoms with Crippen molar-refractivity contribution < 1.29 is 9.59 Å². The summed E-state index contributed by atoms with van der Waals surface area (Å²) < 4.78 is 1.21. The third-order valence-corrected chi connectivity index (χ3v) is 3.22. The lowest BCUT2D eigenvalue weighted by Crippen LogP contribution is -2.19. The van der Waals surface area contributed by atoms with Crippen LogP contribution in [0, 0.1) is 6.92 Å². The zero-order valence-corrected chi connectivity index (χ0v) is 12.9. The van der Waals surface area contributed by atoms with Gasteiger partial charge in [0.05, 0.1) is 11.9 Å². The van der Waals surface area contributed by atoms with Crippen LogP contribution >= 0.6 is 0 Å². The first-order valence-corrected chi connectivity index (χ1v) is 7.14. The predicted octanol–water partition coefficient (Wildman–Crippen LogP) is 0.714. The molecule has 0 atom stereocenters. The number of hydrogen-bond donors (Lipinski definition) is 3. The number of amides is 2. The molecule has 0 aliphatic rings. The van der Waals surface area contributed by atoms with Crippen LogP contribution in [0.1, 0.15) is 16.2 Å². The number of para-hydroxylation sites is 1. The monoisotopic (exact) mass is 325 g/mol. The van der Waals surface area contributed by atoms with Crippen molar-refractivity contribution in [1.82, 2.24) is 25.0 Å². The van der Waals surface area contributed by atoms with Crippen LogP contribution in [0.2, 0.25) is 0 Å². The predicted molar refractivity (Wildman–Crippen MR) is 85.9 cm³/mol. The average Bonchev–Trinajstić information content (AvgIpc) is 3.16. The first-order chi connectivity index (χ1) is 11.5. The molecule has 122 valence electrons. The minimum absolute atomic E-state index is 0.0849. The van der Waals surface area contributed by atoms with E-state index in [1.54, 1.807) is 18.3 Å². The maximum Gasteiger partial charge on any atom is 0.277 e. The van der Waals surface area contributed by atoms with Gasteiger partial charge in [-0.2, -0.15) is 0 Å². The summed E-state index contributed by atoms with van der Waals surface area (Å²) in [5.41, 5.74) is 7.42. The molecule has 0 fully saturated rings. The van der Waals surface area contributed by atoms with Gasteiger partial charge in [0.1, 0.15) is 12.4 Å². The van der Waals surface area contributed by atoms with Gasteiger partial charge in [-0.15, -0.1) is 5.10 Å². The lowest BCUT2D eigenvalue weighted by molar-refractivity contribution is -0.118. The van der Waals surface area contributed by atoms with Crippen LogP contribution in [0.5, 0.6) is 0 Å². The molecule has 2 heterocycles. The number of aryl methyl sites for hydroxylation is 1. The molecule has 4 N–H and O–H groups in total. The Bertz CT molecular complexity index is 897. The number of carbonyl (C=O) groups excluding carboxylic acids is 2. The number of H-pyrrole nitrogens is 1. The van der Waals surface area contributed by atoms with Gasteiger partial charge in [-0.1, -0.05) is 17.3 Å². The molecule has 0 saturated heterocycles. The number of hydrogen-bond acceptors (Lipinski definition) is 5. The van der Waals surface area contributed by atoms with E-state index in [-0.39, 0.29) is 12.2 Å². The minimum Gasteiger partial charge on any atom is -0.368 e. The highest BCUT2D eigenvalue weighted by atomic mass is 16.2. The highest BCUT2D eigenvalue weighted by molar-refractivity contribution is 6.04. The Balaban J connectivity index is 1.82. The Kier molecular flexibility index (Phi) is 4.06. The molecule has 2 aromatic heterocycles. The molecule has 9 nitrogen and oxygen atoms in total. The number of nitrogens with two attached hydrogens (primary N) is 1. The normalized spacial score (nSPS) is 10.5. The van der Waals surface area contributed by atoms with Crippen LogP contribution in [-0.2, 0) is 11.3 Å². The van der Waals surface area contributed by atoms with Crippen LogP contribution in [0.4, 0.5) is 5.69 Å². The molecule has 0 unspecified atom stereocenters. The van der Waals surface area contributed by atoms with Crippen molar-refractivity contribution in [2.24, 2.45) is 5.73 Å². The van der Waals surface area contributed by atoms with Crippen LogP contribution in [0.3, 0.4) is 0 Å². The first-order valence-electron chi connectivity index (χ1n) is 7.14. The highest BCUT2D eigenvalue weighted by Crippen LogP contribution is 2.25. The largest absolute Gasteiger partial charge is 0.368 e. The molecule has 0 radical (unpaired) electrons. The topological polar surface area (TPSA) is 132 Å². The molecule has 0 bridgehead atoms. The smallest absolute Gasteiger partial charge is 0.277 e. The number of carbonyl (C=O) groups is 2. The van der Waals surface area contributed by atoms with Gasteiger partial charge in [0, 0.05) is 17.5 Å². The number of aromatic nitrogens is 5. The molecular weight excluding hydrogens is 310 g/mol. The summed E-state index contributed by atoms with van der Waals surface area (Å²) >= 11 is 0. The molecule has 0 saturated carbocycles. The number of aromatic amines is 1. The standard InChI is InChI=1S/C15H15N7O2/c1-9-6-17-14(18-9)10-4-2-3-5-11(10)19-15(24)12-7-22(21-20-12)8-13(16)23/h2-7H,8H2,1H3,(H2,16,23)(H,17,18)(H,19,24). The fourth-order valence-electron chi connectivity index (χ4n) is 2.17. The van der Waals surface area contributed by atoms with Gasteiger partial charge in [0.2, 0.25) is 5.91 Å². The molecule has 3 aromatic rings. The van der Waals surface area contributed by atoms with Crippen molar-refractivity contribution >= 4 is 17.5 Å². The van der Waals surface area contributed by atoms with Crippen molar-refractivity contribution in [3.63, 3.8) is 0 Å². The van der Waals surface area contributed by atoms with E-state index in [0.29, 0.717) is 11.5 Å². The second kappa shape index (κ2) is 6.32. The van der Waals surface area contributed by atoms with Crippen molar-refractivity contribution in [2.45, 2.75) is 13.5 Å². The van der Waals surface area contributed by atoms with E-state index in [4.69, 9.17) is 5.73 Å². The summed E-state index contributed by atoms with van der Waals surface area (Å²) in [5.74, 6) is -0.354. The minimum atomic E-state index is -0.564. The maximum atomic E-state index is 12.3. The zero-order valence-electron chi connectivity index (χ0n) is 12.9. The van der Waals surface area contributed by atoms with Gasteiger partial charge in [-0.05, 0) is 19.1 Å². The molecule has 24 heavy (non-hydrogen) atoms. The number of primary amides is 1. The Hall–Kier alpha value is -3.49. The second-order valence-corrected chi connectivity index (χ2v) is 5.18. The summed E-state index contributed by atoms with van der Waals surface area (Å²) in [5, 5.41) is 10.2. The molecule has 0 spiro atoms. The van der Waals surface area contributed by atoms with Crippen LogP contribution < -0.4 is 11.1 Å². The van der Waals surface area contributed by atoms with E-state index in [1.807, 2.05) is 19.1 Å². The van der Waals surface area contributed by atoms with Crippen molar-refractivity contribution in [2.75, 3.05) is 5.32 Å². The lowest BCUT2D eigenvalue weighted by Gasteiger charge is -2.08. The Morgan fingerprint density at radius 3 is 2.83 bits per heavy atom. The fourth-order valence-corrected chi connectivity index (χ4v) is 2.17. The van der Waals surface area contributed by atoms with Gasteiger partial charge in [0.25, 0.3) is 5.91 Å². The fraction of sp³-hybridized carbons (Fsp3) is 0.133. The van der Waals surface area contributed by atoms with Crippen molar-refractivity contribution in [1.29, 1.82) is 0 Å². The summed E-state index contributed by atoms with van der Waals surface area (Å²) in [6, 6.07) is 7.27. The molecule has 3 rings (SSSR count). The maximum absolute atomic E-state index is 12.3. The summed E-state index contributed by atoms with van der Waals surface area (Å²) in [6.07, 6.45) is 3.07. The molecule has 0 aliphatic heterocycles. The van der Waals surface area contributed by atoms with Crippen LogP contribution in [0.15, 0.2) is 36.7 Å². The summed E-state index contributed by atoms with van der Waals surface area (Å²) in [6.45, 7) is 1.76. The van der Waals surface area contributed by atoms with Gasteiger partial charge in [0.15, 0.2) is 5.69 Å². The van der Waals surface area contributed by atoms with E-state index >= 15 is 0 Å². The van der Waals surface area contributed by atoms with Gasteiger partial charge >= 0.3 is 0 Å². The number of benzene rings is 1. The van der Waals surface area contributed by atoms with E-state index in [1.165, 1.54) is 10.9 Å². The molecule has 0 aliphatic carbocycles. The zero-order chi connectivity index (χ0) is 17.1. The Labute approximate surface area is 136 Å². The first kappa shape index (κ1) is 15.4. The Morgan fingerprint density at radius 2 is 2.12 bits per heavy atom. The number of anilines is 1. The molecule has 9 heteroatoms. The summed E-state index contributed by atoms with van der Waals surface area (Å²) in [7, 11) is 0. The van der Waals surface area contributed by atoms with Gasteiger partial charge in [-0.3, -0.25) is 9.59 Å². The van der Waals surface area contributed by atoms with E-state index in [0.717, 1.165) is 11.3 Å². The number of rotatable bonds is 5. The van der Waals surface area contributed by atoms with Crippen LogP contribution in [-0.4, -0.2) is 36.8 Å². The lowest BCUT2D eigenvalue weighted by atomic mass is 10.1. The van der Waals surface area contributed by atoms with E-state index < -0.39 is 11.8 Å². The highest BCUT2D eigenvalue weighted by Gasteiger charge is 2.15. The van der Waals surface area contributed by atoms with Gasteiger partial charge < -0.3 is 16.0 Å². The Morgan fingerprint density at radius 1 is 1.33 bits per heavy atom. The molecule has 1 aromatic carbocycles. The van der Waals surface area contributed by atoms with Crippen molar-refractivity contribution in [3.8, 4) is 11.4 Å².